The molecule has 2 heterocycles. The number of para-hydroxylation sites is 1. The van der Waals surface area contributed by atoms with E-state index in [1.807, 2.05) is 30.3 Å². The van der Waals surface area contributed by atoms with Crippen molar-refractivity contribution in [2.75, 3.05) is 6.54 Å². The lowest BCUT2D eigenvalue weighted by atomic mass is 10.1. The largest absolute Gasteiger partial charge is 0.312 e. The van der Waals surface area contributed by atoms with Crippen molar-refractivity contribution in [1.29, 1.82) is 0 Å². The van der Waals surface area contributed by atoms with E-state index in [2.05, 4.69) is 46.1 Å². The third-order valence-corrected chi connectivity index (χ3v) is 4.01. The monoisotopic (exact) mass is 272 g/mol. The molecule has 0 fully saturated rings. The van der Waals surface area contributed by atoms with E-state index in [0.29, 0.717) is 0 Å². The van der Waals surface area contributed by atoms with Crippen molar-refractivity contribution in [3.63, 3.8) is 0 Å². The third-order valence-electron chi connectivity index (χ3n) is 4.01. The minimum Gasteiger partial charge on any atom is -0.312 e. The molecule has 3 aromatic rings. The Balaban J connectivity index is 1.91. The summed E-state index contributed by atoms with van der Waals surface area (Å²) in [4.78, 5) is 0. The fourth-order valence-electron chi connectivity index (χ4n) is 3.01. The quantitative estimate of drug-likeness (QED) is 0.622. The fourth-order valence-corrected chi connectivity index (χ4v) is 3.01. The van der Waals surface area contributed by atoms with Gasteiger partial charge in [-0.1, -0.05) is 36.4 Å². The van der Waals surface area contributed by atoms with Gasteiger partial charge in [0.05, 0.1) is 5.52 Å². The Morgan fingerprint density at radius 2 is 1.76 bits per heavy atom. The van der Waals surface area contributed by atoms with E-state index in [4.69, 9.17) is 0 Å². The average molecular weight is 272 g/mol. The van der Waals surface area contributed by atoms with Gasteiger partial charge in [-0.3, -0.25) is 4.57 Å². The van der Waals surface area contributed by atoms with Crippen LogP contribution in [0.3, 0.4) is 0 Å². The first kappa shape index (κ1) is 12.3. The molecule has 0 saturated heterocycles. The molecule has 0 saturated carbocycles. The Labute approximate surface area is 124 Å². The average Bonchev–Trinajstić information content (AvgIpc) is 2.88. The zero-order valence-electron chi connectivity index (χ0n) is 11.8. The molecule has 1 aromatic heterocycles. The number of benzene rings is 2. The maximum atomic E-state index is 3.46. The number of nitrogens with one attached hydrogen (secondary N) is 1. The molecule has 1 aliphatic heterocycles. The first-order valence-corrected chi connectivity index (χ1v) is 7.32. The highest BCUT2D eigenvalue weighted by molar-refractivity contribution is 5.86. The second-order valence-corrected chi connectivity index (χ2v) is 5.31. The number of hydrogen-bond acceptors (Lipinski definition) is 1. The SMILES string of the molecule is C(#Cn1c2c(c3ccccc31)CNCC2)c1ccccc1. The molecular formula is C19H16N2. The topological polar surface area (TPSA) is 17.0 Å². The van der Waals surface area contributed by atoms with Crippen LogP contribution in [0.15, 0.2) is 54.6 Å². The molecule has 1 aliphatic rings. The summed E-state index contributed by atoms with van der Waals surface area (Å²) in [6, 6.07) is 22.1. The summed E-state index contributed by atoms with van der Waals surface area (Å²) in [6.07, 6.45) is 1.04. The van der Waals surface area contributed by atoms with Gasteiger partial charge in [-0.15, -0.1) is 0 Å². The molecule has 21 heavy (non-hydrogen) atoms. The van der Waals surface area contributed by atoms with Crippen molar-refractivity contribution in [2.45, 2.75) is 13.0 Å². The van der Waals surface area contributed by atoms with Gasteiger partial charge in [0.25, 0.3) is 0 Å². The van der Waals surface area contributed by atoms with Crippen LogP contribution < -0.4 is 5.32 Å². The molecule has 4 rings (SSSR count). The highest BCUT2D eigenvalue weighted by atomic mass is 15.0. The summed E-state index contributed by atoms with van der Waals surface area (Å²) in [5.41, 5.74) is 5.03. The van der Waals surface area contributed by atoms with E-state index in [1.54, 1.807) is 0 Å². The molecule has 0 aliphatic carbocycles. The van der Waals surface area contributed by atoms with Crippen molar-refractivity contribution in [1.82, 2.24) is 9.88 Å². The van der Waals surface area contributed by atoms with Gasteiger partial charge in [0.15, 0.2) is 0 Å². The number of rotatable bonds is 0. The van der Waals surface area contributed by atoms with Crippen LogP contribution in [0.4, 0.5) is 0 Å². The van der Waals surface area contributed by atoms with Crippen LogP contribution in [0, 0.1) is 12.0 Å². The fraction of sp³-hybridized carbons (Fsp3) is 0.158. The lowest BCUT2D eigenvalue weighted by Crippen LogP contribution is -2.24. The second kappa shape index (κ2) is 5.12. The maximum Gasteiger partial charge on any atom is 0.0618 e. The Morgan fingerprint density at radius 3 is 2.67 bits per heavy atom. The van der Waals surface area contributed by atoms with E-state index < -0.39 is 0 Å². The number of fused-ring (bicyclic) bond motifs is 3. The first-order chi connectivity index (χ1) is 10.4. The summed E-state index contributed by atoms with van der Waals surface area (Å²) in [5.74, 6) is 3.28. The summed E-state index contributed by atoms with van der Waals surface area (Å²) in [6.45, 7) is 1.96. The van der Waals surface area contributed by atoms with Gasteiger partial charge in [0.1, 0.15) is 0 Å². The van der Waals surface area contributed by atoms with Crippen LogP contribution in [-0.2, 0) is 13.0 Å². The van der Waals surface area contributed by atoms with Gasteiger partial charge < -0.3 is 5.32 Å². The van der Waals surface area contributed by atoms with Crippen molar-refractivity contribution in [3.8, 4) is 12.0 Å². The third kappa shape index (κ3) is 2.12. The Kier molecular flexibility index (Phi) is 2.99. The molecular weight excluding hydrogens is 256 g/mol. The molecule has 2 nitrogen and oxygen atoms in total. The minimum atomic E-state index is 0.940. The number of aromatic nitrogens is 1. The molecule has 102 valence electrons. The van der Waals surface area contributed by atoms with Crippen LogP contribution >= 0.6 is 0 Å². The van der Waals surface area contributed by atoms with Crippen LogP contribution in [0.5, 0.6) is 0 Å². The predicted octanol–water partition coefficient (Wildman–Crippen LogP) is 3.14. The molecule has 0 amide bonds. The molecule has 2 heteroatoms. The summed E-state index contributed by atoms with van der Waals surface area (Å²) < 4.78 is 2.18. The summed E-state index contributed by atoms with van der Waals surface area (Å²) >= 11 is 0. The van der Waals surface area contributed by atoms with Crippen molar-refractivity contribution in [2.24, 2.45) is 0 Å². The zero-order chi connectivity index (χ0) is 14.1. The van der Waals surface area contributed by atoms with E-state index in [9.17, 15) is 0 Å². The molecule has 0 spiro atoms. The summed E-state index contributed by atoms with van der Waals surface area (Å²) in [7, 11) is 0. The van der Waals surface area contributed by atoms with Gasteiger partial charge in [-0.25, -0.2) is 0 Å². The van der Waals surface area contributed by atoms with Crippen molar-refractivity contribution in [3.05, 3.63) is 71.4 Å². The smallest absolute Gasteiger partial charge is 0.0618 e. The first-order valence-electron chi connectivity index (χ1n) is 7.32. The van der Waals surface area contributed by atoms with E-state index in [0.717, 1.165) is 25.1 Å². The highest BCUT2D eigenvalue weighted by Crippen LogP contribution is 2.27. The van der Waals surface area contributed by atoms with Gasteiger partial charge >= 0.3 is 0 Å². The van der Waals surface area contributed by atoms with E-state index in [1.165, 1.54) is 22.2 Å². The van der Waals surface area contributed by atoms with Gasteiger partial charge in [-0.05, 0) is 29.7 Å². The normalized spacial score (nSPS) is 13.5. The number of nitrogens with zero attached hydrogens (tertiary/aromatic N) is 1. The van der Waals surface area contributed by atoms with E-state index >= 15 is 0 Å². The highest BCUT2D eigenvalue weighted by Gasteiger charge is 2.18. The lowest BCUT2D eigenvalue weighted by molar-refractivity contribution is 0.633. The standard InChI is InChI=1S/C19H16N2/c1-2-6-15(7-3-1)11-13-21-18-9-5-4-8-16(18)17-14-20-12-10-19(17)21/h1-9,20H,10,12,14H2. The molecule has 2 aromatic carbocycles. The molecule has 0 radical (unpaired) electrons. The van der Waals surface area contributed by atoms with Crippen molar-refractivity contribution >= 4 is 10.9 Å². The Bertz CT molecular complexity index is 848. The van der Waals surface area contributed by atoms with Crippen LogP contribution in [0.1, 0.15) is 16.8 Å². The second-order valence-electron chi connectivity index (χ2n) is 5.31. The van der Waals surface area contributed by atoms with Gasteiger partial charge in [0, 0.05) is 42.2 Å². The molecule has 0 unspecified atom stereocenters. The van der Waals surface area contributed by atoms with Crippen LogP contribution in [0.2, 0.25) is 0 Å². The molecule has 0 atom stereocenters. The minimum absolute atomic E-state index is 0.940. The van der Waals surface area contributed by atoms with Crippen LogP contribution in [-0.4, -0.2) is 11.1 Å². The summed E-state index contributed by atoms with van der Waals surface area (Å²) in [5, 5.41) is 4.78. The predicted molar refractivity (Wildman–Crippen MR) is 86.1 cm³/mol. The van der Waals surface area contributed by atoms with Crippen LogP contribution in [0.25, 0.3) is 10.9 Å². The van der Waals surface area contributed by atoms with Gasteiger partial charge in [-0.2, -0.15) is 0 Å². The lowest BCUT2D eigenvalue weighted by Gasteiger charge is -2.14. The molecule has 1 N–H and O–H groups in total. The Morgan fingerprint density at radius 1 is 0.952 bits per heavy atom. The molecule has 0 bridgehead atoms. The van der Waals surface area contributed by atoms with Gasteiger partial charge in [0.2, 0.25) is 0 Å². The zero-order valence-corrected chi connectivity index (χ0v) is 11.8. The van der Waals surface area contributed by atoms with E-state index in [-0.39, 0.29) is 0 Å². The van der Waals surface area contributed by atoms with Crippen molar-refractivity contribution < 1.29 is 0 Å². The number of hydrogen-bond donors (Lipinski definition) is 1. The Hall–Kier alpha value is -2.50. The maximum absolute atomic E-state index is 3.46.